The smallest absolute Gasteiger partial charge is 0.264 e. The largest absolute Gasteiger partial charge is 0.493 e. The van der Waals surface area contributed by atoms with Crippen LogP contribution in [0.4, 0.5) is 5.69 Å². The highest BCUT2D eigenvalue weighted by atomic mass is 35.5. The van der Waals surface area contributed by atoms with Gasteiger partial charge in [-0.2, -0.15) is 0 Å². The van der Waals surface area contributed by atoms with Crippen molar-refractivity contribution in [3.8, 4) is 5.75 Å². The molecule has 1 fully saturated rings. The van der Waals surface area contributed by atoms with E-state index in [0.717, 1.165) is 11.1 Å². The van der Waals surface area contributed by atoms with Gasteiger partial charge in [0.25, 0.3) is 5.91 Å². The molecule has 1 N–H and O–H groups in total. The molecule has 0 aliphatic carbocycles. The number of rotatable bonds is 4. The zero-order chi connectivity index (χ0) is 18.7. The number of ether oxygens (including phenoxy) is 1. The number of hydrogen-bond acceptors (Lipinski definition) is 4. The maximum atomic E-state index is 12.3. The Bertz CT molecular complexity index is 926. The van der Waals surface area contributed by atoms with E-state index >= 15 is 0 Å². The van der Waals surface area contributed by atoms with Crippen LogP contribution < -0.4 is 10.1 Å². The Balaban J connectivity index is 1.88. The van der Waals surface area contributed by atoms with E-state index in [1.807, 2.05) is 26.0 Å². The van der Waals surface area contributed by atoms with Crippen molar-refractivity contribution in [2.24, 2.45) is 4.99 Å². The van der Waals surface area contributed by atoms with Crippen LogP contribution in [0.15, 0.2) is 46.3 Å². The number of benzene rings is 2. The minimum atomic E-state index is -0.214. The molecule has 2 aromatic rings. The van der Waals surface area contributed by atoms with Crippen molar-refractivity contribution in [3.63, 3.8) is 0 Å². The van der Waals surface area contributed by atoms with E-state index in [1.54, 1.807) is 30.3 Å². The zero-order valence-electron chi connectivity index (χ0n) is 14.2. The van der Waals surface area contributed by atoms with E-state index in [1.165, 1.54) is 11.8 Å². The summed E-state index contributed by atoms with van der Waals surface area (Å²) >= 11 is 13.5. The van der Waals surface area contributed by atoms with Crippen molar-refractivity contribution in [1.82, 2.24) is 5.32 Å². The maximum absolute atomic E-state index is 12.3. The van der Waals surface area contributed by atoms with Crippen LogP contribution in [0.2, 0.25) is 10.0 Å². The lowest BCUT2D eigenvalue weighted by Gasteiger charge is -2.07. The molecule has 0 radical (unpaired) electrons. The molecule has 1 amide bonds. The third-order valence-electron chi connectivity index (χ3n) is 3.60. The Hall–Kier alpha value is -1.95. The number of nitrogens with one attached hydrogen (secondary N) is 1. The van der Waals surface area contributed by atoms with Gasteiger partial charge >= 0.3 is 0 Å². The Morgan fingerprint density at radius 2 is 2.04 bits per heavy atom. The third-order valence-corrected chi connectivity index (χ3v) is 5.15. The standard InChI is InChI=1S/C19H16Cl2N2O2S/c1-3-25-16-7-5-13(20)8-12(16)9-17-18(24)23-19(26-17)22-14-6-4-11(2)15(21)10-14/h4-10H,3H2,1-2H3,(H,22,23,24)/b17-9-. The van der Waals surface area contributed by atoms with Crippen LogP contribution in [0.5, 0.6) is 5.75 Å². The summed E-state index contributed by atoms with van der Waals surface area (Å²) in [5, 5.41) is 4.47. The lowest BCUT2D eigenvalue weighted by molar-refractivity contribution is -0.115. The second-order valence-electron chi connectivity index (χ2n) is 5.53. The third kappa shape index (κ3) is 4.41. The fourth-order valence-electron chi connectivity index (χ4n) is 2.31. The Labute approximate surface area is 166 Å². The van der Waals surface area contributed by atoms with Gasteiger partial charge in [-0.15, -0.1) is 0 Å². The van der Waals surface area contributed by atoms with E-state index in [-0.39, 0.29) is 5.91 Å². The molecule has 0 unspecified atom stereocenters. The summed E-state index contributed by atoms with van der Waals surface area (Å²) in [6.07, 6.45) is 1.75. The van der Waals surface area contributed by atoms with Gasteiger partial charge in [-0.1, -0.05) is 29.3 Å². The highest BCUT2D eigenvalue weighted by Crippen LogP contribution is 2.32. The van der Waals surface area contributed by atoms with Crippen molar-refractivity contribution >= 4 is 57.8 Å². The second-order valence-corrected chi connectivity index (χ2v) is 7.40. The first-order valence-electron chi connectivity index (χ1n) is 7.94. The number of amides is 1. The predicted octanol–water partition coefficient (Wildman–Crippen LogP) is 5.59. The molecule has 134 valence electrons. The van der Waals surface area contributed by atoms with Gasteiger partial charge in [-0.25, -0.2) is 4.99 Å². The molecule has 0 atom stereocenters. The fraction of sp³-hybridized carbons (Fsp3) is 0.158. The molecule has 7 heteroatoms. The number of aryl methyl sites for hydroxylation is 1. The number of aliphatic imine (C=N–C) groups is 1. The fourth-order valence-corrected chi connectivity index (χ4v) is 3.50. The Kier molecular flexibility index (Phi) is 5.91. The van der Waals surface area contributed by atoms with E-state index in [0.29, 0.717) is 38.2 Å². The first kappa shape index (κ1) is 18.8. The van der Waals surface area contributed by atoms with Crippen LogP contribution in [0, 0.1) is 6.92 Å². The Morgan fingerprint density at radius 3 is 2.77 bits per heavy atom. The van der Waals surface area contributed by atoms with Crippen molar-refractivity contribution in [3.05, 3.63) is 62.5 Å². The second kappa shape index (κ2) is 8.16. The summed E-state index contributed by atoms with van der Waals surface area (Å²) < 4.78 is 5.60. The highest BCUT2D eigenvalue weighted by Gasteiger charge is 2.24. The molecule has 0 spiro atoms. The summed E-state index contributed by atoms with van der Waals surface area (Å²) in [5.74, 6) is 0.461. The van der Waals surface area contributed by atoms with E-state index in [9.17, 15) is 4.79 Å². The van der Waals surface area contributed by atoms with Gasteiger partial charge in [0, 0.05) is 15.6 Å². The molecule has 0 aromatic heterocycles. The number of nitrogens with zero attached hydrogens (tertiary/aromatic N) is 1. The molecule has 3 rings (SSSR count). The van der Waals surface area contributed by atoms with Crippen LogP contribution in [-0.4, -0.2) is 17.7 Å². The van der Waals surface area contributed by atoms with E-state index in [2.05, 4.69) is 10.3 Å². The van der Waals surface area contributed by atoms with Gasteiger partial charge in [-0.3, -0.25) is 4.79 Å². The van der Waals surface area contributed by atoms with Crippen molar-refractivity contribution in [1.29, 1.82) is 0 Å². The lowest BCUT2D eigenvalue weighted by Crippen LogP contribution is -2.19. The maximum Gasteiger partial charge on any atom is 0.264 e. The Morgan fingerprint density at radius 1 is 1.23 bits per heavy atom. The molecular weight excluding hydrogens is 391 g/mol. The zero-order valence-corrected chi connectivity index (χ0v) is 16.5. The van der Waals surface area contributed by atoms with Crippen LogP contribution in [0.25, 0.3) is 6.08 Å². The first-order chi connectivity index (χ1) is 12.5. The molecule has 4 nitrogen and oxygen atoms in total. The summed E-state index contributed by atoms with van der Waals surface area (Å²) in [5.41, 5.74) is 2.41. The van der Waals surface area contributed by atoms with Gasteiger partial charge in [0.2, 0.25) is 0 Å². The minimum absolute atomic E-state index is 0.214. The van der Waals surface area contributed by atoms with Gasteiger partial charge < -0.3 is 10.1 Å². The summed E-state index contributed by atoms with van der Waals surface area (Å²) in [7, 11) is 0. The molecular formula is C19H16Cl2N2O2S. The van der Waals surface area contributed by atoms with Gasteiger partial charge in [0.1, 0.15) is 5.75 Å². The SMILES string of the molecule is CCOc1ccc(Cl)cc1/C=C1\SC(=Nc2ccc(C)c(Cl)c2)NC1=O. The van der Waals surface area contributed by atoms with E-state index in [4.69, 9.17) is 27.9 Å². The van der Waals surface area contributed by atoms with Crippen molar-refractivity contribution in [2.75, 3.05) is 6.61 Å². The number of thioether (sulfide) groups is 1. The molecule has 1 saturated heterocycles. The summed E-state index contributed by atoms with van der Waals surface area (Å²) in [4.78, 5) is 17.2. The van der Waals surface area contributed by atoms with Crippen LogP contribution >= 0.6 is 35.0 Å². The molecule has 26 heavy (non-hydrogen) atoms. The average Bonchev–Trinajstić information content (AvgIpc) is 2.93. The highest BCUT2D eigenvalue weighted by molar-refractivity contribution is 8.18. The molecule has 0 bridgehead atoms. The quantitative estimate of drug-likeness (QED) is 0.672. The number of amidine groups is 1. The number of halogens is 2. The lowest BCUT2D eigenvalue weighted by atomic mass is 10.2. The predicted molar refractivity (Wildman–Crippen MR) is 110 cm³/mol. The van der Waals surface area contributed by atoms with Crippen LogP contribution in [-0.2, 0) is 4.79 Å². The topological polar surface area (TPSA) is 50.7 Å². The number of hydrogen-bond donors (Lipinski definition) is 1. The van der Waals surface area contributed by atoms with Crippen LogP contribution in [0.1, 0.15) is 18.1 Å². The van der Waals surface area contributed by atoms with Crippen LogP contribution in [0.3, 0.4) is 0 Å². The number of carbonyl (C=O) groups is 1. The normalized spacial score (nSPS) is 17.0. The molecule has 2 aromatic carbocycles. The van der Waals surface area contributed by atoms with Gasteiger partial charge in [-0.05, 0) is 67.6 Å². The summed E-state index contributed by atoms with van der Waals surface area (Å²) in [6, 6.07) is 10.8. The first-order valence-corrected chi connectivity index (χ1v) is 9.51. The van der Waals surface area contributed by atoms with E-state index < -0.39 is 0 Å². The van der Waals surface area contributed by atoms with Crippen molar-refractivity contribution in [2.45, 2.75) is 13.8 Å². The van der Waals surface area contributed by atoms with Gasteiger partial charge in [0.05, 0.1) is 17.2 Å². The molecule has 0 saturated carbocycles. The minimum Gasteiger partial charge on any atom is -0.493 e. The monoisotopic (exact) mass is 406 g/mol. The average molecular weight is 407 g/mol. The summed E-state index contributed by atoms with van der Waals surface area (Å²) in [6.45, 7) is 4.35. The van der Waals surface area contributed by atoms with Crippen molar-refractivity contribution < 1.29 is 9.53 Å². The van der Waals surface area contributed by atoms with Gasteiger partial charge in [0.15, 0.2) is 5.17 Å². The molecule has 1 aliphatic heterocycles. The molecule has 1 aliphatic rings. The molecule has 1 heterocycles. The number of carbonyl (C=O) groups excluding carboxylic acids is 1.